The molecule has 7 aromatic rings. The van der Waals surface area contributed by atoms with Crippen LogP contribution in [0.1, 0.15) is 105 Å². The first-order valence-corrected chi connectivity index (χ1v) is 19.6. The summed E-state index contributed by atoms with van der Waals surface area (Å²) in [5, 5.41) is 3.89. The average molecular weight is 739 g/mol. The van der Waals surface area contributed by atoms with E-state index in [0.29, 0.717) is 45.9 Å². The molecule has 0 fully saturated rings. The molecule has 0 saturated carbocycles. The molecule has 2 aliphatic heterocycles. The topological polar surface area (TPSA) is 109 Å². The Morgan fingerprint density at radius 1 is 0.304 bits per heavy atom. The van der Waals surface area contributed by atoms with Gasteiger partial charge in [-0.05, 0) is 68.2 Å². The molecule has 0 saturated heterocycles. The first kappa shape index (κ1) is 35.9. The summed E-state index contributed by atoms with van der Waals surface area (Å²) in [6, 6.07) is 26.3. The average Bonchev–Trinajstić information content (AvgIpc) is 3.84. The molecule has 2 N–H and O–H groups in total. The highest BCUT2D eigenvalue weighted by Crippen LogP contribution is 2.41. The molecule has 0 aliphatic carbocycles. The number of aromatic amines is 2. The lowest BCUT2D eigenvalue weighted by molar-refractivity contribution is 0.590. The van der Waals surface area contributed by atoms with Gasteiger partial charge in [0.15, 0.2) is 23.3 Å². The van der Waals surface area contributed by atoms with Crippen LogP contribution in [0.25, 0.3) is 89.7 Å². The Morgan fingerprint density at radius 3 is 0.929 bits per heavy atom. The van der Waals surface area contributed by atoms with Gasteiger partial charge in [-0.15, -0.1) is 0 Å². The summed E-state index contributed by atoms with van der Waals surface area (Å²) >= 11 is 0. The molecule has 0 unspecified atom stereocenters. The van der Waals surface area contributed by atoms with Gasteiger partial charge >= 0.3 is 0 Å². The fraction of sp³-hybridized carbons (Fsp3) is 0.333. The molecule has 8 nitrogen and oxygen atoms in total. The van der Waals surface area contributed by atoms with Crippen LogP contribution in [0.15, 0.2) is 72.8 Å². The predicted octanol–water partition coefficient (Wildman–Crippen LogP) is 12.1. The molecule has 9 rings (SSSR count). The quantitative estimate of drug-likeness (QED) is 0.160. The van der Waals surface area contributed by atoms with Gasteiger partial charge in [-0.2, -0.15) is 0 Å². The minimum atomic E-state index is -0.0689. The molecular formula is C48H50N8. The van der Waals surface area contributed by atoms with Gasteiger partial charge in [-0.3, -0.25) is 0 Å². The molecule has 2 aliphatic rings. The Morgan fingerprint density at radius 2 is 0.589 bits per heavy atom. The number of benzene rings is 4. The second-order valence-electron chi connectivity index (χ2n) is 19.7. The summed E-state index contributed by atoms with van der Waals surface area (Å²) in [5.41, 5.74) is 11.1. The van der Waals surface area contributed by atoms with Gasteiger partial charge < -0.3 is 9.97 Å². The van der Waals surface area contributed by atoms with Crippen molar-refractivity contribution in [2.24, 2.45) is 0 Å². The molecule has 8 bridgehead atoms. The molecule has 282 valence electrons. The number of aromatic nitrogens is 8. The number of hydrogen-bond acceptors (Lipinski definition) is 6. The molecule has 0 radical (unpaired) electrons. The van der Waals surface area contributed by atoms with Gasteiger partial charge in [0.05, 0.1) is 0 Å². The third kappa shape index (κ3) is 5.97. The van der Waals surface area contributed by atoms with Gasteiger partial charge in [0, 0.05) is 43.8 Å². The van der Waals surface area contributed by atoms with Crippen molar-refractivity contribution in [3.8, 4) is 45.6 Å². The SMILES string of the molecule is CC(C)(C)c1ccc2c(c1)-c1nc-2nc2[nH]c(nc3nc(nc4[nH]c(n1)c1cc(C(C)(C)C)ccc41)-c1ccc(C(C)(C)C)cc1-3)c1cc(C(C)(C)C)ccc21. The molecule has 5 heterocycles. The number of H-pyrrole nitrogens is 2. The molecule has 0 spiro atoms. The number of hydrogen-bond donors (Lipinski definition) is 2. The van der Waals surface area contributed by atoms with E-state index in [0.717, 1.165) is 43.8 Å². The van der Waals surface area contributed by atoms with Crippen LogP contribution in [0.5, 0.6) is 0 Å². The summed E-state index contributed by atoms with van der Waals surface area (Å²) < 4.78 is 0. The van der Waals surface area contributed by atoms with Gasteiger partial charge in [0.2, 0.25) is 0 Å². The van der Waals surface area contributed by atoms with Crippen molar-refractivity contribution in [3.05, 3.63) is 95.1 Å². The lowest BCUT2D eigenvalue weighted by atomic mass is 9.85. The van der Waals surface area contributed by atoms with Crippen LogP contribution < -0.4 is 0 Å². The molecule has 56 heavy (non-hydrogen) atoms. The standard InChI is InChI=1S/C48H50N8/c1-45(2,3)25-13-17-29-33(21-25)41-51-37(29)49-38-31-19-15-27(47(7,8)9)23-35(31)43(53-38)56-44-36-24-28(48(10,11)12)16-20-32(36)40(54-44)50-39-30-18-14-26(46(4,5)6)22-34(30)42(52-39)55-41/h13-24H,1-12H3,(H2,49,50,51,52,53,54,55,56). The molecular weight excluding hydrogens is 689 g/mol. The molecule has 8 heteroatoms. The first-order chi connectivity index (χ1) is 26.2. The largest absolute Gasteiger partial charge is 0.324 e. The smallest absolute Gasteiger partial charge is 0.164 e. The van der Waals surface area contributed by atoms with Gasteiger partial charge in [-0.25, -0.2) is 29.9 Å². The van der Waals surface area contributed by atoms with Crippen LogP contribution >= 0.6 is 0 Å². The lowest BCUT2D eigenvalue weighted by Gasteiger charge is -2.19. The Kier molecular flexibility index (Phi) is 7.61. The van der Waals surface area contributed by atoms with E-state index in [9.17, 15) is 0 Å². The van der Waals surface area contributed by atoms with Crippen molar-refractivity contribution >= 4 is 44.1 Å². The van der Waals surface area contributed by atoms with E-state index < -0.39 is 0 Å². The summed E-state index contributed by atoms with van der Waals surface area (Å²) in [6.07, 6.45) is 0. The second kappa shape index (κ2) is 11.9. The Bertz CT molecular complexity index is 2750. The Labute approximate surface area is 328 Å². The molecule has 0 atom stereocenters. The Hall–Kier alpha value is -5.76. The fourth-order valence-corrected chi connectivity index (χ4v) is 7.66. The van der Waals surface area contributed by atoms with Crippen LogP contribution in [0, 0.1) is 0 Å². The van der Waals surface area contributed by atoms with Crippen molar-refractivity contribution in [1.29, 1.82) is 0 Å². The first-order valence-electron chi connectivity index (χ1n) is 19.6. The van der Waals surface area contributed by atoms with Crippen LogP contribution in [-0.2, 0) is 21.7 Å². The summed E-state index contributed by atoms with van der Waals surface area (Å²) in [6.45, 7) is 26.8. The second-order valence-corrected chi connectivity index (χ2v) is 19.7. The zero-order chi connectivity index (χ0) is 39.7. The lowest BCUT2D eigenvalue weighted by Crippen LogP contribution is -2.10. The number of rotatable bonds is 0. The van der Waals surface area contributed by atoms with Gasteiger partial charge in [-0.1, -0.05) is 132 Å². The molecule has 0 amide bonds. The van der Waals surface area contributed by atoms with E-state index in [1.54, 1.807) is 0 Å². The minimum absolute atomic E-state index is 0.0655. The van der Waals surface area contributed by atoms with Crippen molar-refractivity contribution in [2.75, 3.05) is 0 Å². The predicted molar refractivity (Wildman–Crippen MR) is 231 cm³/mol. The summed E-state index contributed by atoms with van der Waals surface area (Å²) in [4.78, 5) is 38.9. The minimum Gasteiger partial charge on any atom is -0.324 e. The van der Waals surface area contributed by atoms with Crippen LogP contribution in [-0.4, -0.2) is 39.9 Å². The maximum Gasteiger partial charge on any atom is 0.164 e. The van der Waals surface area contributed by atoms with Crippen molar-refractivity contribution in [3.63, 3.8) is 0 Å². The van der Waals surface area contributed by atoms with E-state index in [4.69, 9.17) is 29.9 Å². The van der Waals surface area contributed by atoms with Crippen molar-refractivity contribution in [1.82, 2.24) is 39.9 Å². The van der Waals surface area contributed by atoms with Crippen molar-refractivity contribution < 1.29 is 0 Å². The van der Waals surface area contributed by atoms with E-state index >= 15 is 0 Å². The van der Waals surface area contributed by atoms with E-state index in [1.165, 1.54) is 22.3 Å². The van der Waals surface area contributed by atoms with E-state index in [1.807, 2.05) is 0 Å². The van der Waals surface area contributed by atoms with Crippen LogP contribution in [0.2, 0.25) is 0 Å². The fourth-order valence-electron chi connectivity index (χ4n) is 7.66. The van der Waals surface area contributed by atoms with Gasteiger partial charge in [0.1, 0.15) is 22.6 Å². The Balaban J connectivity index is 1.47. The third-order valence-corrected chi connectivity index (χ3v) is 11.3. The number of fused-ring (bicyclic) bond motifs is 20. The van der Waals surface area contributed by atoms with Gasteiger partial charge in [0.25, 0.3) is 0 Å². The maximum absolute atomic E-state index is 5.34. The maximum atomic E-state index is 5.34. The zero-order valence-electron chi connectivity index (χ0n) is 34.6. The normalized spacial score (nSPS) is 13.4. The number of nitrogens with zero attached hydrogens (tertiary/aromatic N) is 6. The summed E-state index contributed by atoms with van der Waals surface area (Å²) in [5.74, 6) is 2.42. The number of nitrogens with one attached hydrogen (secondary N) is 2. The highest BCUT2D eigenvalue weighted by Gasteiger charge is 2.27. The van der Waals surface area contributed by atoms with Crippen LogP contribution in [0.3, 0.4) is 0 Å². The van der Waals surface area contributed by atoms with Crippen LogP contribution in [0.4, 0.5) is 0 Å². The van der Waals surface area contributed by atoms with Crippen molar-refractivity contribution in [2.45, 2.75) is 105 Å². The molecule has 3 aromatic heterocycles. The highest BCUT2D eigenvalue weighted by molar-refractivity contribution is 6.06. The van der Waals surface area contributed by atoms with E-state index in [-0.39, 0.29) is 21.7 Å². The molecule has 4 aromatic carbocycles. The summed E-state index contributed by atoms with van der Waals surface area (Å²) in [7, 11) is 0. The van der Waals surface area contributed by atoms with E-state index in [2.05, 4.69) is 166 Å². The zero-order valence-corrected chi connectivity index (χ0v) is 34.6. The monoisotopic (exact) mass is 738 g/mol. The third-order valence-electron chi connectivity index (χ3n) is 11.3. The highest BCUT2D eigenvalue weighted by atomic mass is 15.1.